The number of rotatable bonds is 5. The van der Waals surface area contributed by atoms with Crippen molar-refractivity contribution < 1.29 is 4.79 Å². The summed E-state index contributed by atoms with van der Waals surface area (Å²) in [4.78, 5) is 11.7. The molecular formula is C13H17ClN2O. The Morgan fingerprint density at radius 3 is 2.88 bits per heavy atom. The van der Waals surface area contributed by atoms with Crippen molar-refractivity contribution in [1.82, 2.24) is 5.32 Å². The number of para-hydroxylation sites is 1. The summed E-state index contributed by atoms with van der Waals surface area (Å²) in [6.45, 7) is 2.53. The summed E-state index contributed by atoms with van der Waals surface area (Å²) in [7, 11) is 0. The van der Waals surface area contributed by atoms with Crippen molar-refractivity contribution in [2.75, 3.05) is 11.9 Å². The van der Waals surface area contributed by atoms with Gasteiger partial charge in [0.15, 0.2) is 0 Å². The summed E-state index contributed by atoms with van der Waals surface area (Å²) in [5.74, 6) is 0.711. The maximum atomic E-state index is 11.7. The number of hydrogen-bond acceptors (Lipinski definition) is 2. The van der Waals surface area contributed by atoms with Gasteiger partial charge in [-0.15, -0.1) is 0 Å². The highest BCUT2D eigenvalue weighted by Crippen LogP contribution is 2.32. The van der Waals surface area contributed by atoms with Crippen molar-refractivity contribution in [1.29, 1.82) is 0 Å². The highest BCUT2D eigenvalue weighted by Gasteiger charge is 2.34. The minimum absolute atomic E-state index is 0.0418. The summed E-state index contributed by atoms with van der Waals surface area (Å²) >= 11 is 5.95. The number of amides is 1. The summed E-state index contributed by atoms with van der Waals surface area (Å²) in [5.41, 5.74) is 0.670. The van der Waals surface area contributed by atoms with Crippen LogP contribution < -0.4 is 10.6 Å². The Morgan fingerprint density at radius 1 is 1.47 bits per heavy atom. The predicted molar refractivity (Wildman–Crippen MR) is 70.3 cm³/mol. The second kappa shape index (κ2) is 5.52. The molecule has 1 saturated carbocycles. The second-order valence-electron chi connectivity index (χ2n) is 4.42. The molecule has 0 heterocycles. The molecule has 2 unspecified atom stereocenters. The van der Waals surface area contributed by atoms with Crippen LogP contribution in [0.25, 0.3) is 0 Å². The molecule has 3 nitrogen and oxygen atoms in total. The van der Waals surface area contributed by atoms with E-state index in [-0.39, 0.29) is 5.91 Å². The van der Waals surface area contributed by atoms with Gasteiger partial charge >= 0.3 is 0 Å². The van der Waals surface area contributed by atoms with Gasteiger partial charge in [0.05, 0.1) is 17.3 Å². The molecule has 1 aromatic carbocycles. The lowest BCUT2D eigenvalue weighted by Gasteiger charge is -2.07. The number of anilines is 1. The molecule has 17 heavy (non-hydrogen) atoms. The standard InChI is InChI=1S/C13H17ClN2O/c1-2-9-7-12(9)15-8-13(17)16-11-6-4-3-5-10(11)14/h3-6,9,12,15H,2,7-8H2,1H3,(H,16,17). The Labute approximate surface area is 107 Å². The van der Waals surface area contributed by atoms with Crippen molar-refractivity contribution in [3.8, 4) is 0 Å². The molecule has 1 aliphatic carbocycles. The molecule has 0 aliphatic heterocycles. The molecule has 0 bridgehead atoms. The summed E-state index contributed by atoms with van der Waals surface area (Å²) in [6.07, 6.45) is 2.37. The van der Waals surface area contributed by atoms with Gasteiger partial charge in [0, 0.05) is 6.04 Å². The van der Waals surface area contributed by atoms with Gasteiger partial charge < -0.3 is 10.6 Å². The smallest absolute Gasteiger partial charge is 0.238 e. The fourth-order valence-electron chi connectivity index (χ4n) is 1.93. The third-order valence-corrected chi connectivity index (χ3v) is 3.45. The van der Waals surface area contributed by atoms with Crippen LogP contribution in [0.4, 0.5) is 5.69 Å². The zero-order valence-corrected chi connectivity index (χ0v) is 10.6. The van der Waals surface area contributed by atoms with E-state index in [0.717, 1.165) is 5.92 Å². The molecular weight excluding hydrogens is 236 g/mol. The second-order valence-corrected chi connectivity index (χ2v) is 4.83. The van der Waals surface area contributed by atoms with Crippen LogP contribution in [0.2, 0.25) is 5.02 Å². The highest BCUT2D eigenvalue weighted by molar-refractivity contribution is 6.33. The third kappa shape index (κ3) is 3.45. The first-order valence-corrected chi connectivity index (χ1v) is 6.36. The molecule has 1 aliphatic rings. The SMILES string of the molecule is CCC1CC1NCC(=O)Nc1ccccc1Cl. The number of carbonyl (C=O) groups is 1. The fourth-order valence-corrected chi connectivity index (χ4v) is 2.11. The Kier molecular flexibility index (Phi) is 4.02. The molecule has 1 fully saturated rings. The van der Waals surface area contributed by atoms with Crippen molar-refractivity contribution in [2.45, 2.75) is 25.8 Å². The Morgan fingerprint density at radius 2 is 2.24 bits per heavy atom. The normalized spacial score (nSPS) is 22.2. The van der Waals surface area contributed by atoms with Crippen LogP contribution in [0, 0.1) is 5.92 Å². The van der Waals surface area contributed by atoms with Crippen LogP contribution in [-0.4, -0.2) is 18.5 Å². The van der Waals surface area contributed by atoms with E-state index in [0.29, 0.717) is 23.3 Å². The lowest BCUT2D eigenvalue weighted by molar-refractivity contribution is -0.115. The average Bonchev–Trinajstić information content (AvgIpc) is 3.08. The van der Waals surface area contributed by atoms with Crippen molar-refractivity contribution >= 4 is 23.2 Å². The van der Waals surface area contributed by atoms with Crippen LogP contribution in [0.1, 0.15) is 19.8 Å². The molecule has 2 rings (SSSR count). The van der Waals surface area contributed by atoms with Crippen molar-refractivity contribution in [2.24, 2.45) is 5.92 Å². The molecule has 1 aromatic rings. The van der Waals surface area contributed by atoms with Gasteiger partial charge in [-0.3, -0.25) is 4.79 Å². The van der Waals surface area contributed by atoms with Crippen LogP contribution in [0.15, 0.2) is 24.3 Å². The number of nitrogens with one attached hydrogen (secondary N) is 2. The van der Waals surface area contributed by atoms with Gasteiger partial charge in [-0.25, -0.2) is 0 Å². The Bertz CT molecular complexity index is 408. The molecule has 2 N–H and O–H groups in total. The van der Waals surface area contributed by atoms with Gasteiger partial charge in [-0.05, 0) is 24.5 Å². The maximum absolute atomic E-state index is 11.7. The number of halogens is 1. The monoisotopic (exact) mass is 252 g/mol. The van der Waals surface area contributed by atoms with E-state index in [9.17, 15) is 4.79 Å². The van der Waals surface area contributed by atoms with Gasteiger partial charge in [0.25, 0.3) is 0 Å². The highest BCUT2D eigenvalue weighted by atomic mass is 35.5. The summed E-state index contributed by atoms with van der Waals surface area (Å²) in [6, 6.07) is 7.78. The zero-order chi connectivity index (χ0) is 12.3. The van der Waals surface area contributed by atoms with Crippen molar-refractivity contribution in [3.63, 3.8) is 0 Å². The zero-order valence-electron chi connectivity index (χ0n) is 9.87. The van der Waals surface area contributed by atoms with E-state index in [1.807, 2.05) is 12.1 Å². The first-order chi connectivity index (χ1) is 8.20. The van der Waals surface area contributed by atoms with E-state index < -0.39 is 0 Å². The topological polar surface area (TPSA) is 41.1 Å². The molecule has 2 atom stereocenters. The first kappa shape index (κ1) is 12.4. The molecule has 0 saturated heterocycles. The molecule has 92 valence electrons. The maximum Gasteiger partial charge on any atom is 0.238 e. The van der Waals surface area contributed by atoms with Crippen molar-refractivity contribution in [3.05, 3.63) is 29.3 Å². The van der Waals surface area contributed by atoms with Crippen LogP contribution in [0.5, 0.6) is 0 Å². The number of carbonyl (C=O) groups excluding carboxylic acids is 1. The van der Waals surface area contributed by atoms with E-state index in [1.54, 1.807) is 12.1 Å². The number of benzene rings is 1. The van der Waals surface area contributed by atoms with Crippen LogP contribution >= 0.6 is 11.6 Å². The Balaban J connectivity index is 1.76. The fraction of sp³-hybridized carbons (Fsp3) is 0.462. The molecule has 0 radical (unpaired) electrons. The molecule has 4 heteroatoms. The summed E-state index contributed by atoms with van der Waals surface area (Å²) < 4.78 is 0. The Hall–Kier alpha value is -1.06. The van der Waals surface area contributed by atoms with Gasteiger partial charge in [0.2, 0.25) is 5.91 Å². The number of hydrogen-bond donors (Lipinski definition) is 2. The van der Waals surface area contributed by atoms with Crippen LogP contribution in [-0.2, 0) is 4.79 Å². The minimum atomic E-state index is -0.0418. The lowest BCUT2D eigenvalue weighted by atomic mass is 10.3. The van der Waals surface area contributed by atoms with E-state index in [4.69, 9.17) is 11.6 Å². The van der Waals surface area contributed by atoms with Crippen LogP contribution in [0.3, 0.4) is 0 Å². The predicted octanol–water partition coefficient (Wildman–Crippen LogP) is 2.67. The average molecular weight is 253 g/mol. The first-order valence-electron chi connectivity index (χ1n) is 5.98. The van der Waals surface area contributed by atoms with E-state index >= 15 is 0 Å². The summed E-state index contributed by atoms with van der Waals surface area (Å²) in [5, 5.41) is 6.60. The molecule has 0 spiro atoms. The van der Waals surface area contributed by atoms with Gasteiger partial charge in [-0.1, -0.05) is 37.1 Å². The van der Waals surface area contributed by atoms with E-state index in [2.05, 4.69) is 17.6 Å². The van der Waals surface area contributed by atoms with Gasteiger partial charge in [-0.2, -0.15) is 0 Å². The quantitative estimate of drug-likeness (QED) is 0.846. The largest absolute Gasteiger partial charge is 0.324 e. The van der Waals surface area contributed by atoms with Gasteiger partial charge in [0.1, 0.15) is 0 Å². The minimum Gasteiger partial charge on any atom is -0.324 e. The molecule has 0 aromatic heterocycles. The third-order valence-electron chi connectivity index (χ3n) is 3.12. The molecule has 1 amide bonds. The van der Waals surface area contributed by atoms with E-state index in [1.165, 1.54) is 12.8 Å². The lowest BCUT2D eigenvalue weighted by Crippen LogP contribution is -2.30.